The fourth-order valence-corrected chi connectivity index (χ4v) is 5.13. The Labute approximate surface area is 166 Å². The first-order valence-electron chi connectivity index (χ1n) is 9.36. The van der Waals surface area contributed by atoms with E-state index in [9.17, 15) is 13.2 Å². The Hall–Kier alpha value is -2.38. The third kappa shape index (κ3) is 4.91. The summed E-state index contributed by atoms with van der Waals surface area (Å²) >= 11 is 0. The standard InChI is InChI=1S/C21H26N2O4S/c1-16-7-3-4-8-18(16)15-28(25,26)23-12-6-9-17(14-23)21(24)22-19-10-5-11-20(13-19)27-2/h3-5,7-8,10-11,13,17H,6,9,12,14-15H2,1-2H3,(H,22,24). The molecule has 1 atom stereocenters. The Balaban J connectivity index is 1.67. The number of carbonyl (C=O) groups is 1. The predicted octanol–water partition coefficient (Wildman–Crippen LogP) is 3.18. The van der Waals surface area contributed by atoms with Crippen LogP contribution in [0.25, 0.3) is 0 Å². The summed E-state index contributed by atoms with van der Waals surface area (Å²) in [5.74, 6) is 0.0868. The maximum absolute atomic E-state index is 12.9. The number of hydrogen-bond acceptors (Lipinski definition) is 4. The highest BCUT2D eigenvalue weighted by molar-refractivity contribution is 7.88. The number of sulfonamides is 1. The van der Waals surface area contributed by atoms with Crippen molar-refractivity contribution in [2.45, 2.75) is 25.5 Å². The Kier molecular flexibility index (Phi) is 6.36. The Morgan fingerprint density at radius 1 is 1.21 bits per heavy atom. The molecule has 0 saturated carbocycles. The van der Waals surface area contributed by atoms with Crippen molar-refractivity contribution < 1.29 is 17.9 Å². The molecule has 1 aliphatic rings. The van der Waals surface area contributed by atoms with Crippen LogP contribution in [-0.2, 0) is 20.6 Å². The van der Waals surface area contributed by atoms with Gasteiger partial charge < -0.3 is 10.1 Å². The second-order valence-corrected chi connectivity index (χ2v) is 9.07. The van der Waals surface area contributed by atoms with E-state index in [1.54, 1.807) is 31.4 Å². The van der Waals surface area contributed by atoms with Gasteiger partial charge in [0.25, 0.3) is 0 Å². The number of rotatable bonds is 6. The van der Waals surface area contributed by atoms with E-state index in [1.165, 1.54) is 4.31 Å². The van der Waals surface area contributed by atoms with E-state index >= 15 is 0 Å². The summed E-state index contributed by atoms with van der Waals surface area (Å²) in [7, 11) is -1.91. The first-order valence-corrected chi connectivity index (χ1v) is 11.0. The number of amides is 1. The van der Waals surface area contributed by atoms with Crippen LogP contribution in [0.1, 0.15) is 24.0 Å². The number of aryl methyl sites for hydroxylation is 1. The molecule has 2 aromatic rings. The normalized spacial score (nSPS) is 17.9. The molecule has 28 heavy (non-hydrogen) atoms. The first kappa shape index (κ1) is 20.4. The quantitative estimate of drug-likeness (QED) is 0.805. The zero-order chi connectivity index (χ0) is 20.1. The molecule has 7 heteroatoms. The summed E-state index contributed by atoms with van der Waals surface area (Å²) in [4.78, 5) is 12.7. The molecule has 150 valence electrons. The van der Waals surface area contributed by atoms with Crippen LogP contribution in [0.5, 0.6) is 5.75 Å². The number of hydrogen-bond donors (Lipinski definition) is 1. The molecule has 0 bridgehead atoms. The number of nitrogens with zero attached hydrogens (tertiary/aromatic N) is 1. The molecule has 1 unspecified atom stereocenters. The van der Waals surface area contributed by atoms with Crippen molar-refractivity contribution in [1.82, 2.24) is 4.31 Å². The summed E-state index contributed by atoms with van der Waals surface area (Å²) in [6, 6.07) is 14.6. The minimum atomic E-state index is -3.48. The zero-order valence-corrected chi connectivity index (χ0v) is 17.0. The lowest BCUT2D eigenvalue weighted by Crippen LogP contribution is -2.44. The van der Waals surface area contributed by atoms with Gasteiger partial charge in [-0.15, -0.1) is 0 Å². The van der Waals surface area contributed by atoms with E-state index in [1.807, 2.05) is 31.2 Å². The van der Waals surface area contributed by atoms with Crippen LogP contribution in [0.3, 0.4) is 0 Å². The second-order valence-electron chi connectivity index (χ2n) is 7.10. The van der Waals surface area contributed by atoms with E-state index in [-0.39, 0.29) is 24.1 Å². The smallest absolute Gasteiger partial charge is 0.228 e. The minimum absolute atomic E-state index is 0.0378. The highest BCUT2D eigenvalue weighted by atomic mass is 32.2. The van der Waals surface area contributed by atoms with Crippen molar-refractivity contribution in [2.24, 2.45) is 5.92 Å². The lowest BCUT2D eigenvalue weighted by molar-refractivity contribution is -0.120. The fraction of sp³-hybridized carbons (Fsp3) is 0.381. The van der Waals surface area contributed by atoms with Crippen LogP contribution in [0.4, 0.5) is 5.69 Å². The lowest BCUT2D eigenvalue weighted by atomic mass is 9.98. The SMILES string of the molecule is COc1cccc(NC(=O)C2CCCN(S(=O)(=O)Cc3ccccc3C)C2)c1. The third-order valence-electron chi connectivity index (χ3n) is 5.08. The van der Waals surface area contributed by atoms with Crippen molar-refractivity contribution in [3.8, 4) is 5.75 Å². The van der Waals surface area contributed by atoms with Crippen molar-refractivity contribution in [2.75, 3.05) is 25.5 Å². The van der Waals surface area contributed by atoms with Gasteiger partial charge in [-0.25, -0.2) is 12.7 Å². The number of anilines is 1. The van der Waals surface area contributed by atoms with Gasteiger partial charge >= 0.3 is 0 Å². The summed E-state index contributed by atoms with van der Waals surface area (Å²) in [5, 5.41) is 2.88. The average Bonchev–Trinajstić information content (AvgIpc) is 2.70. The maximum Gasteiger partial charge on any atom is 0.228 e. The van der Waals surface area contributed by atoms with Crippen molar-refractivity contribution in [1.29, 1.82) is 0 Å². The molecule has 3 rings (SSSR count). The van der Waals surface area contributed by atoms with Gasteiger partial charge in [-0.05, 0) is 43.0 Å². The number of piperidine rings is 1. The Morgan fingerprint density at radius 2 is 2.00 bits per heavy atom. The first-order chi connectivity index (χ1) is 13.4. The van der Waals surface area contributed by atoms with Gasteiger partial charge in [-0.1, -0.05) is 30.3 Å². The van der Waals surface area contributed by atoms with Crippen LogP contribution in [0.2, 0.25) is 0 Å². The van der Waals surface area contributed by atoms with Gasteiger partial charge in [-0.2, -0.15) is 0 Å². The molecular weight excluding hydrogens is 376 g/mol. The third-order valence-corrected chi connectivity index (χ3v) is 6.88. The van der Waals surface area contributed by atoms with Gasteiger partial charge in [0.05, 0.1) is 18.8 Å². The predicted molar refractivity (Wildman–Crippen MR) is 110 cm³/mol. The van der Waals surface area contributed by atoms with Gasteiger partial charge in [0, 0.05) is 24.8 Å². The summed E-state index contributed by atoms with van der Waals surface area (Å²) in [5.41, 5.74) is 2.39. The molecule has 1 saturated heterocycles. The highest BCUT2D eigenvalue weighted by Gasteiger charge is 2.32. The Morgan fingerprint density at radius 3 is 2.75 bits per heavy atom. The zero-order valence-electron chi connectivity index (χ0n) is 16.2. The van der Waals surface area contributed by atoms with Gasteiger partial charge in [-0.3, -0.25) is 4.79 Å². The molecule has 1 amide bonds. The van der Waals surface area contributed by atoms with E-state index in [4.69, 9.17) is 4.74 Å². The molecule has 1 aliphatic heterocycles. The van der Waals surface area contributed by atoms with Crippen LogP contribution in [0, 0.1) is 12.8 Å². The molecule has 0 aromatic heterocycles. The molecule has 1 N–H and O–H groups in total. The fourth-order valence-electron chi connectivity index (χ4n) is 3.41. The maximum atomic E-state index is 12.9. The second kappa shape index (κ2) is 8.75. The Bertz CT molecular complexity index is 943. The lowest BCUT2D eigenvalue weighted by Gasteiger charge is -2.31. The topological polar surface area (TPSA) is 75.7 Å². The molecule has 1 fully saturated rings. The molecule has 0 radical (unpaired) electrons. The van der Waals surface area contributed by atoms with E-state index in [2.05, 4.69) is 5.32 Å². The summed E-state index contributed by atoms with van der Waals surface area (Å²) < 4.78 is 32.4. The molecule has 0 spiro atoms. The molecule has 2 aromatic carbocycles. The average molecular weight is 403 g/mol. The van der Waals surface area contributed by atoms with Gasteiger partial charge in [0.15, 0.2) is 0 Å². The number of nitrogens with one attached hydrogen (secondary N) is 1. The van der Waals surface area contributed by atoms with Crippen LogP contribution >= 0.6 is 0 Å². The summed E-state index contributed by atoms with van der Waals surface area (Å²) in [6.07, 6.45) is 1.34. The van der Waals surface area contributed by atoms with Crippen LogP contribution in [0.15, 0.2) is 48.5 Å². The summed E-state index contributed by atoms with van der Waals surface area (Å²) in [6.45, 7) is 2.58. The van der Waals surface area contributed by atoms with E-state index in [0.29, 0.717) is 30.8 Å². The number of benzene rings is 2. The molecule has 1 heterocycles. The molecule has 0 aliphatic carbocycles. The molecule has 6 nitrogen and oxygen atoms in total. The van der Waals surface area contributed by atoms with Crippen molar-refractivity contribution >= 4 is 21.6 Å². The minimum Gasteiger partial charge on any atom is -0.497 e. The van der Waals surface area contributed by atoms with Crippen molar-refractivity contribution in [3.05, 3.63) is 59.7 Å². The van der Waals surface area contributed by atoms with Crippen LogP contribution < -0.4 is 10.1 Å². The monoisotopic (exact) mass is 402 g/mol. The number of carbonyl (C=O) groups excluding carboxylic acids is 1. The number of methoxy groups -OCH3 is 1. The van der Waals surface area contributed by atoms with E-state index < -0.39 is 10.0 Å². The van der Waals surface area contributed by atoms with E-state index in [0.717, 1.165) is 11.1 Å². The van der Waals surface area contributed by atoms with Crippen LogP contribution in [-0.4, -0.2) is 38.8 Å². The van der Waals surface area contributed by atoms with Gasteiger partial charge in [0.1, 0.15) is 5.75 Å². The molecular formula is C21H26N2O4S. The van der Waals surface area contributed by atoms with Crippen molar-refractivity contribution in [3.63, 3.8) is 0 Å². The highest BCUT2D eigenvalue weighted by Crippen LogP contribution is 2.24. The largest absolute Gasteiger partial charge is 0.497 e. The van der Waals surface area contributed by atoms with Gasteiger partial charge in [0.2, 0.25) is 15.9 Å². The number of ether oxygens (including phenoxy) is 1.